The standard InChI is InChI=1S/C26H28F3N5/c1-16-7-17(2)9-18(8-16)24-12-23(26(27,28)29)25(33-32-24)31-22-10-19-13-34(14-20(19)11-22)15-21-5-3-4-6-30-21/h3-9,12,19-20,22H,10-11,13-15H2,1-2H3,(H,31,33)/t19-,20+,22?. The minimum Gasteiger partial charge on any atom is -0.365 e. The lowest BCUT2D eigenvalue weighted by molar-refractivity contribution is -0.137. The maximum Gasteiger partial charge on any atom is 0.420 e. The van der Waals surface area contributed by atoms with E-state index >= 15 is 0 Å². The third-order valence-corrected chi connectivity index (χ3v) is 6.90. The molecule has 34 heavy (non-hydrogen) atoms. The van der Waals surface area contributed by atoms with Gasteiger partial charge in [-0.25, -0.2) is 0 Å². The molecule has 1 aromatic carbocycles. The zero-order valence-electron chi connectivity index (χ0n) is 19.3. The third kappa shape index (κ3) is 4.92. The van der Waals surface area contributed by atoms with E-state index in [1.54, 1.807) is 6.20 Å². The van der Waals surface area contributed by atoms with Gasteiger partial charge in [0.05, 0.1) is 11.4 Å². The Hall–Kier alpha value is -3.00. The van der Waals surface area contributed by atoms with E-state index < -0.39 is 11.7 Å². The van der Waals surface area contributed by atoms with Gasteiger partial charge in [-0.1, -0.05) is 23.3 Å². The molecule has 1 N–H and O–H groups in total. The van der Waals surface area contributed by atoms with Crippen molar-refractivity contribution in [2.75, 3.05) is 18.4 Å². The second-order valence-electron chi connectivity index (χ2n) is 9.71. The Balaban J connectivity index is 1.29. The van der Waals surface area contributed by atoms with Gasteiger partial charge in [-0.3, -0.25) is 9.88 Å². The van der Waals surface area contributed by atoms with Crippen molar-refractivity contribution < 1.29 is 13.2 Å². The largest absolute Gasteiger partial charge is 0.420 e. The van der Waals surface area contributed by atoms with E-state index in [0.717, 1.165) is 55.4 Å². The quantitative estimate of drug-likeness (QED) is 0.537. The van der Waals surface area contributed by atoms with Crippen LogP contribution < -0.4 is 5.32 Å². The van der Waals surface area contributed by atoms with Crippen LogP contribution in [0.3, 0.4) is 0 Å². The molecule has 178 valence electrons. The van der Waals surface area contributed by atoms with Gasteiger partial charge in [0.15, 0.2) is 5.82 Å². The number of anilines is 1. The van der Waals surface area contributed by atoms with Crippen LogP contribution >= 0.6 is 0 Å². The molecule has 1 aliphatic carbocycles. The number of hydrogen-bond acceptors (Lipinski definition) is 5. The molecule has 3 atom stereocenters. The molecule has 5 rings (SSSR count). The van der Waals surface area contributed by atoms with E-state index in [1.165, 1.54) is 0 Å². The van der Waals surface area contributed by atoms with Gasteiger partial charge in [-0.2, -0.15) is 13.2 Å². The average Bonchev–Trinajstić information content (AvgIpc) is 3.31. The third-order valence-electron chi connectivity index (χ3n) is 6.90. The van der Waals surface area contributed by atoms with Crippen LogP contribution in [0, 0.1) is 25.7 Å². The summed E-state index contributed by atoms with van der Waals surface area (Å²) in [5, 5.41) is 11.2. The molecule has 2 fully saturated rings. The van der Waals surface area contributed by atoms with Gasteiger partial charge < -0.3 is 5.32 Å². The van der Waals surface area contributed by atoms with Crippen molar-refractivity contribution in [3.8, 4) is 11.3 Å². The van der Waals surface area contributed by atoms with Gasteiger partial charge in [0, 0.05) is 37.4 Å². The number of benzene rings is 1. The molecule has 0 spiro atoms. The second-order valence-corrected chi connectivity index (χ2v) is 9.71. The number of halogens is 3. The first-order valence-electron chi connectivity index (χ1n) is 11.7. The number of pyridine rings is 1. The molecule has 1 aliphatic heterocycles. The van der Waals surface area contributed by atoms with Crippen LogP contribution in [0.4, 0.5) is 19.0 Å². The summed E-state index contributed by atoms with van der Waals surface area (Å²) in [7, 11) is 0. The maximum atomic E-state index is 13.9. The highest BCUT2D eigenvalue weighted by Gasteiger charge is 2.42. The molecule has 8 heteroatoms. The predicted octanol–water partition coefficient (Wildman–Crippen LogP) is 5.50. The number of aryl methyl sites for hydroxylation is 2. The van der Waals surface area contributed by atoms with Gasteiger partial charge >= 0.3 is 6.18 Å². The smallest absolute Gasteiger partial charge is 0.365 e. The summed E-state index contributed by atoms with van der Waals surface area (Å²) in [6.07, 6.45) is -1.04. The van der Waals surface area contributed by atoms with Crippen molar-refractivity contribution in [2.45, 2.75) is 45.5 Å². The van der Waals surface area contributed by atoms with Gasteiger partial charge in [-0.05, 0) is 68.9 Å². The first-order valence-corrected chi connectivity index (χ1v) is 11.7. The normalized spacial score (nSPS) is 22.7. The summed E-state index contributed by atoms with van der Waals surface area (Å²) in [4.78, 5) is 6.80. The summed E-state index contributed by atoms with van der Waals surface area (Å²) in [6, 6.07) is 12.7. The summed E-state index contributed by atoms with van der Waals surface area (Å²) in [5.74, 6) is 0.770. The van der Waals surface area contributed by atoms with Crippen LogP contribution in [0.2, 0.25) is 0 Å². The van der Waals surface area contributed by atoms with E-state index in [2.05, 4.69) is 25.4 Å². The average molecular weight is 468 g/mol. The van der Waals surface area contributed by atoms with E-state index in [-0.39, 0.29) is 17.6 Å². The summed E-state index contributed by atoms with van der Waals surface area (Å²) in [5.41, 5.74) is 3.12. The number of alkyl halides is 3. The molecule has 0 bridgehead atoms. The van der Waals surface area contributed by atoms with Crippen molar-refractivity contribution >= 4 is 5.82 Å². The van der Waals surface area contributed by atoms with Crippen LogP contribution in [0.1, 0.15) is 35.2 Å². The van der Waals surface area contributed by atoms with Gasteiger partial charge in [0.25, 0.3) is 0 Å². The van der Waals surface area contributed by atoms with Crippen molar-refractivity contribution in [3.63, 3.8) is 0 Å². The van der Waals surface area contributed by atoms with Gasteiger partial charge in [0.1, 0.15) is 5.56 Å². The van der Waals surface area contributed by atoms with Crippen LogP contribution in [-0.4, -0.2) is 39.2 Å². The van der Waals surface area contributed by atoms with Gasteiger partial charge in [0.2, 0.25) is 0 Å². The van der Waals surface area contributed by atoms with Crippen LogP contribution in [0.15, 0.2) is 48.7 Å². The molecular formula is C26H28F3N5. The predicted molar refractivity (Wildman–Crippen MR) is 125 cm³/mol. The van der Waals surface area contributed by atoms with E-state index in [9.17, 15) is 13.2 Å². The number of nitrogens with zero attached hydrogens (tertiary/aromatic N) is 4. The molecule has 1 unspecified atom stereocenters. The SMILES string of the molecule is Cc1cc(C)cc(-c2cc(C(F)(F)F)c(NC3C[C@@H]4CN(Cc5ccccn5)C[C@@H]4C3)nn2)c1. The fraction of sp³-hybridized carbons (Fsp3) is 0.423. The fourth-order valence-corrected chi connectivity index (χ4v) is 5.54. The Morgan fingerprint density at radius 1 is 0.971 bits per heavy atom. The van der Waals surface area contributed by atoms with Crippen molar-refractivity contribution in [1.29, 1.82) is 0 Å². The lowest BCUT2D eigenvalue weighted by atomic mass is 10.0. The lowest BCUT2D eigenvalue weighted by Crippen LogP contribution is -2.26. The highest BCUT2D eigenvalue weighted by molar-refractivity contribution is 5.64. The summed E-state index contributed by atoms with van der Waals surface area (Å²) in [6.45, 7) is 6.54. The zero-order chi connectivity index (χ0) is 23.9. The van der Waals surface area contributed by atoms with Crippen LogP contribution in [-0.2, 0) is 12.7 Å². The molecule has 2 aromatic heterocycles. The first-order chi connectivity index (χ1) is 16.2. The number of fused-ring (bicyclic) bond motifs is 1. The van der Waals surface area contributed by atoms with E-state index in [4.69, 9.17) is 0 Å². The highest BCUT2D eigenvalue weighted by Crippen LogP contribution is 2.41. The van der Waals surface area contributed by atoms with Crippen LogP contribution in [0.5, 0.6) is 0 Å². The summed E-state index contributed by atoms with van der Waals surface area (Å²) >= 11 is 0. The Kier molecular flexibility index (Phi) is 6.02. The first kappa shape index (κ1) is 22.8. The van der Waals surface area contributed by atoms with Crippen molar-refractivity contribution in [2.24, 2.45) is 11.8 Å². The van der Waals surface area contributed by atoms with Crippen molar-refractivity contribution in [1.82, 2.24) is 20.1 Å². The maximum absolute atomic E-state index is 13.9. The molecule has 1 saturated carbocycles. The molecule has 1 saturated heterocycles. The molecule has 3 aromatic rings. The Bertz CT molecular complexity index is 1130. The van der Waals surface area contributed by atoms with Gasteiger partial charge in [-0.15, -0.1) is 10.2 Å². The Morgan fingerprint density at radius 3 is 2.29 bits per heavy atom. The zero-order valence-corrected chi connectivity index (χ0v) is 19.3. The number of hydrogen-bond donors (Lipinski definition) is 1. The minimum atomic E-state index is -4.51. The van der Waals surface area contributed by atoms with Crippen LogP contribution in [0.25, 0.3) is 11.3 Å². The summed E-state index contributed by atoms with van der Waals surface area (Å²) < 4.78 is 41.8. The minimum absolute atomic E-state index is 0.0329. The van der Waals surface area contributed by atoms with E-state index in [1.807, 2.05) is 50.2 Å². The van der Waals surface area contributed by atoms with E-state index in [0.29, 0.717) is 17.4 Å². The number of likely N-dealkylation sites (tertiary alicyclic amines) is 1. The Labute approximate surface area is 197 Å². The lowest BCUT2D eigenvalue weighted by Gasteiger charge is -2.21. The molecule has 3 heterocycles. The topological polar surface area (TPSA) is 53.9 Å². The highest BCUT2D eigenvalue weighted by atomic mass is 19.4. The molecule has 0 amide bonds. The molecule has 0 radical (unpaired) electrons. The fourth-order valence-electron chi connectivity index (χ4n) is 5.54. The number of aromatic nitrogens is 3. The van der Waals surface area contributed by atoms with Crippen molar-refractivity contribution in [3.05, 3.63) is 71.0 Å². The number of rotatable bonds is 5. The monoisotopic (exact) mass is 467 g/mol. The molecule has 2 aliphatic rings. The molecule has 5 nitrogen and oxygen atoms in total. The second kappa shape index (κ2) is 8.98. The number of nitrogens with one attached hydrogen (secondary N) is 1. The molecular weight excluding hydrogens is 439 g/mol. The Morgan fingerprint density at radius 2 is 1.68 bits per heavy atom.